The Kier molecular flexibility index (Phi) is 10.6. The number of H-pyrrole nitrogens is 2. The first kappa shape index (κ1) is 31.8. The van der Waals surface area contributed by atoms with Gasteiger partial charge in [0.25, 0.3) is 11.1 Å². The number of ether oxygens (including phenoxy) is 2. The maximum atomic E-state index is 11.6. The Morgan fingerprint density at radius 3 is 1.45 bits per heavy atom. The largest absolute Gasteiger partial charge is 0.456 e. The highest BCUT2D eigenvalue weighted by molar-refractivity contribution is 7.52. The van der Waals surface area contributed by atoms with Crippen molar-refractivity contribution in [3.05, 3.63) is 65.2 Å². The Labute approximate surface area is 225 Å². The molecule has 40 heavy (non-hydrogen) atoms. The molecule has 7 N–H and O–H groups in total. The summed E-state index contributed by atoms with van der Waals surface area (Å²) in [5.74, 6) is 0. The highest BCUT2D eigenvalue weighted by Gasteiger charge is 2.36. The molecule has 0 aromatic carbocycles. The number of aliphatic hydroxyl groups is 4. The zero-order valence-corrected chi connectivity index (χ0v) is 22.3. The van der Waals surface area contributed by atoms with Crippen molar-refractivity contribution in [2.75, 3.05) is 13.2 Å². The zero-order valence-electron chi connectivity index (χ0n) is 21.4. The van der Waals surface area contributed by atoms with E-state index in [-0.39, 0.29) is 33.7 Å². The number of aromatic nitrogens is 4. The Morgan fingerprint density at radius 1 is 0.850 bits per heavy atom. The number of nitrogens with zero attached hydrogens (tertiary/aromatic N) is 2. The first-order chi connectivity index (χ1) is 18.8. The van der Waals surface area contributed by atoms with Crippen LogP contribution in [-0.2, 0) is 22.9 Å². The van der Waals surface area contributed by atoms with Crippen LogP contribution in [0.15, 0.2) is 31.6 Å². The zero-order chi connectivity index (χ0) is 29.8. The highest BCUT2D eigenvalue weighted by atomic mass is 31.2. The molecule has 6 atom stereocenters. The van der Waals surface area contributed by atoms with Gasteiger partial charge in [-0.05, 0) is 13.8 Å². The fraction of sp³-hybridized carbons (Fsp3) is 0.600. The van der Waals surface area contributed by atoms with E-state index in [1.165, 1.54) is 21.5 Å². The average Bonchev–Trinajstić information content (AvgIpc) is 3.45. The van der Waals surface area contributed by atoms with E-state index >= 15 is 0 Å². The maximum absolute atomic E-state index is 11.6. The normalized spacial score (nSPS) is 28.4. The van der Waals surface area contributed by atoms with E-state index in [0.29, 0.717) is 11.1 Å². The SMILES string of the molecule is Cc1cn([C@H]2C[C@H](O)[C@@H](CO)O2)c(=O)[nH]c1=O.Cc1cn([C@H]2C[C@H](O)[C@@H](CO)O2)c(=O)[nH]c1=O.O=P1(O)OBO1. The Hall–Kier alpha value is -2.71. The van der Waals surface area contributed by atoms with E-state index < -0.39 is 67.2 Å². The standard InChI is InChI=1S/2C10H14N2O5.BH2O4P/c2*1-5-3-12(10(16)11-9(5)15)8-2-6(14)7(4-13)17-8;2-6(3)4-1-5-6/h2*3,6-8,13-14H,2,4H2,1H3,(H,11,15,16);1H,(H,2,3)/t2*6-,7+,8+;/m00./s1. The van der Waals surface area contributed by atoms with Crippen molar-refractivity contribution in [1.82, 2.24) is 19.1 Å². The lowest BCUT2D eigenvalue weighted by Gasteiger charge is -2.17. The number of aromatic amines is 2. The van der Waals surface area contributed by atoms with Gasteiger partial charge in [0.1, 0.15) is 24.7 Å². The second-order valence-corrected chi connectivity index (χ2v) is 10.5. The number of hydrogen-bond donors (Lipinski definition) is 7. The Balaban J connectivity index is 0.000000183. The molecule has 0 amide bonds. The van der Waals surface area contributed by atoms with Gasteiger partial charge in [-0.2, -0.15) is 0 Å². The molecule has 0 aliphatic carbocycles. The molecule has 3 aliphatic rings. The highest BCUT2D eigenvalue weighted by Crippen LogP contribution is 2.49. The summed E-state index contributed by atoms with van der Waals surface area (Å²) in [6.07, 6.45) is -1.16. The molecular formula is C20H30BN4O14P. The van der Waals surface area contributed by atoms with Crippen LogP contribution in [0.3, 0.4) is 0 Å². The van der Waals surface area contributed by atoms with E-state index in [1.54, 1.807) is 13.8 Å². The summed E-state index contributed by atoms with van der Waals surface area (Å²) in [6, 6.07) is 0. The van der Waals surface area contributed by atoms with E-state index in [0.717, 1.165) is 0 Å². The summed E-state index contributed by atoms with van der Waals surface area (Å²) in [7, 11) is -3.51. The molecule has 0 radical (unpaired) electrons. The van der Waals surface area contributed by atoms with Crippen molar-refractivity contribution < 1.29 is 48.2 Å². The van der Waals surface area contributed by atoms with Crippen molar-refractivity contribution in [3.8, 4) is 0 Å². The van der Waals surface area contributed by atoms with Gasteiger partial charge in [-0.3, -0.25) is 28.7 Å². The summed E-state index contributed by atoms with van der Waals surface area (Å²) in [5, 5.41) is 37.0. The van der Waals surface area contributed by atoms with Gasteiger partial charge >= 0.3 is 26.9 Å². The summed E-state index contributed by atoms with van der Waals surface area (Å²) >= 11 is 0. The van der Waals surface area contributed by atoms with Crippen LogP contribution in [0.25, 0.3) is 0 Å². The van der Waals surface area contributed by atoms with Gasteiger partial charge in [-0.1, -0.05) is 0 Å². The molecule has 18 nitrogen and oxygen atoms in total. The monoisotopic (exact) mass is 592 g/mol. The van der Waals surface area contributed by atoms with Crippen molar-refractivity contribution in [1.29, 1.82) is 0 Å². The Bertz CT molecular complexity index is 1350. The van der Waals surface area contributed by atoms with Crippen LogP contribution in [-0.4, -0.2) is 89.7 Å². The van der Waals surface area contributed by atoms with Gasteiger partial charge in [0, 0.05) is 36.4 Å². The quantitative estimate of drug-likeness (QED) is 0.134. The lowest BCUT2D eigenvalue weighted by atomic mass is 10.2. The topological polar surface area (TPSA) is 265 Å². The molecule has 3 aliphatic heterocycles. The number of aryl methyl sites for hydroxylation is 2. The molecule has 0 unspecified atom stereocenters. The lowest BCUT2D eigenvalue weighted by Crippen LogP contribution is -2.33. The van der Waals surface area contributed by atoms with Crippen LogP contribution in [0.4, 0.5) is 0 Å². The molecular weight excluding hydrogens is 562 g/mol. The van der Waals surface area contributed by atoms with Crippen LogP contribution in [0.2, 0.25) is 0 Å². The first-order valence-electron chi connectivity index (χ1n) is 11.9. The molecule has 3 saturated heterocycles. The third-order valence-electron chi connectivity index (χ3n) is 6.11. The number of aliphatic hydroxyl groups excluding tert-OH is 4. The van der Waals surface area contributed by atoms with Crippen molar-refractivity contribution >= 4 is 15.5 Å². The van der Waals surface area contributed by atoms with Crippen molar-refractivity contribution in [2.24, 2.45) is 0 Å². The minimum Gasteiger partial charge on any atom is -0.394 e. The minimum absolute atomic E-state index is 0.0478. The van der Waals surface area contributed by atoms with Crippen LogP contribution in [0, 0.1) is 13.8 Å². The molecule has 222 valence electrons. The fourth-order valence-corrected chi connectivity index (χ4v) is 4.13. The van der Waals surface area contributed by atoms with Gasteiger partial charge in [0.2, 0.25) is 0 Å². The third kappa shape index (κ3) is 7.73. The summed E-state index contributed by atoms with van der Waals surface area (Å²) in [5.41, 5.74) is -1.29. The number of phosphoric acid groups is 1. The van der Waals surface area contributed by atoms with Gasteiger partial charge < -0.3 is 43.7 Å². The maximum Gasteiger partial charge on any atom is 0.456 e. The predicted molar refractivity (Wildman–Crippen MR) is 135 cm³/mol. The van der Waals surface area contributed by atoms with Crippen molar-refractivity contribution in [3.63, 3.8) is 0 Å². The molecule has 5 heterocycles. The van der Waals surface area contributed by atoms with Gasteiger partial charge in [0.15, 0.2) is 0 Å². The van der Waals surface area contributed by atoms with E-state index in [4.69, 9.17) is 24.6 Å². The van der Waals surface area contributed by atoms with Crippen LogP contribution in [0.5, 0.6) is 0 Å². The summed E-state index contributed by atoms with van der Waals surface area (Å²) < 4.78 is 30.9. The van der Waals surface area contributed by atoms with Crippen molar-refractivity contribution in [2.45, 2.75) is 63.6 Å². The molecule has 3 fully saturated rings. The fourth-order valence-electron chi connectivity index (χ4n) is 3.84. The molecule has 2 aromatic heterocycles. The number of nitrogens with one attached hydrogen (secondary N) is 2. The second-order valence-electron chi connectivity index (χ2n) is 9.03. The second kappa shape index (κ2) is 13.3. The average molecular weight is 592 g/mol. The molecule has 2 aromatic rings. The molecule has 0 bridgehead atoms. The lowest BCUT2D eigenvalue weighted by molar-refractivity contribution is -0.0459. The summed E-state index contributed by atoms with van der Waals surface area (Å²) in [4.78, 5) is 57.9. The third-order valence-corrected chi connectivity index (χ3v) is 6.98. The first-order valence-corrected chi connectivity index (χ1v) is 13.4. The smallest absolute Gasteiger partial charge is 0.394 e. The van der Waals surface area contributed by atoms with E-state index in [9.17, 15) is 34.0 Å². The Morgan fingerprint density at radius 2 is 1.20 bits per heavy atom. The van der Waals surface area contributed by atoms with Crippen LogP contribution >= 0.6 is 7.82 Å². The van der Waals surface area contributed by atoms with E-state index in [2.05, 4.69) is 18.9 Å². The van der Waals surface area contributed by atoms with Crippen LogP contribution < -0.4 is 22.5 Å². The van der Waals surface area contributed by atoms with E-state index in [1.807, 2.05) is 0 Å². The summed E-state index contributed by atoms with van der Waals surface area (Å²) in [6.45, 7) is 2.52. The predicted octanol–water partition coefficient (Wildman–Crippen LogP) is -3.63. The van der Waals surface area contributed by atoms with Gasteiger partial charge in [-0.15, -0.1) is 0 Å². The number of rotatable bonds is 4. The molecule has 0 saturated carbocycles. The molecule has 0 spiro atoms. The van der Waals surface area contributed by atoms with Crippen LogP contribution in [0.1, 0.15) is 36.4 Å². The van der Waals surface area contributed by atoms with Gasteiger partial charge in [-0.25, -0.2) is 14.2 Å². The van der Waals surface area contributed by atoms with Gasteiger partial charge in [0.05, 0.1) is 25.4 Å². The molecule has 5 rings (SSSR count). The minimum atomic E-state index is -3.47. The molecule has 20 heteroatoms. The number of hydrogen-bond acceptors (Lipinski definition) is 13.